The van der Waals surface area contributed by atoms with Crippen LogP contribution in [0.5, 0.6) is 0 Å². The predicted octanol–water partition coefficient (Wildman–Crippen LogP) is 3.83. The van der Waals surface area contributed by atoms with Crippen LogP contribution in [0.3, 0.4) is 0 Å². The minimum Gasteiger partial charge on any atom is -0.365 e. The number of aromatic amines is 1. The van der Waals surface area contributed by atoms with E-state index in [2.05, 4.69) is 25.8 Å². The van der Waals surface area contributed by atoms with Gasteiger partial charge in [0.2, 0.25) is 0 Å². The summed E-state index contributed by atoms with van der Waals surface area (Å²) in [5, 5.41) is 4.90. The minimum atomic E-state index is -0.0966. The number of halogens is 1. The van der Waals surface area contributed by atoms with E-state index in [0.29, 0.717) is 17.1 Å². The first kappa shape index (κ1) is 16.3. The zero-order valence-electron chi connectivity index (χ0n) is 13.7. The number of hydrogen-bond donors (Lipinski definition) is 2. The monoisotopic (exact) mass is 372 g/mol. The first-order valence-electron chi connectivity index (χ1n) is 8.00. The smallest absolute Gasteiger partial charge is 0.253 e. The molecule has 0 spiro atoms. The minimum absolute atomic E-state index is 0.0966. The second kappa shape index (κ2) is 6.61. The summed E-state index contributed by atoms with van der Waals surface area (Å²) >= 11 is 7.76. The quantitative estimate of drug-likeness (QED) is 0.681. The normalized spacial score (nSPS) is 13.3. The van der Waals surface area contributed by atoms with Crippen LogP contribution < -0.4 is 15.2 Å². The van der Waals surface area contributed by atoms with Crippen molar-refractivity contribution in [3.8, 4) is 0 Å². The van der Waals surface area contributed by atoms with Gasteiger partial charge in [-0.05, 0) is 36.8 Å². The maximum absolute atomic E-state index is 12.3. The fourth-order valence-electron chi connectivity index (χ4n) is 3.17. The lowest BCUT2D eigenvalue weighted by atomic mass is 10.1. The van der Waals surface area contributed by atoms with Gasteiger partial charge in [0.05, 0.1) is 5.69 Å². The van der Waals surface area contributed by atoms with Crippen molar-refractivity contribution in [2.45, 2.75) is 13.0 Å². The molecule has 0 amide bonds. The van der Waals surface area contributed by atoms with E-state index in [9.17, 15) is 4.79 Å². The van der Waals surface area contributed by atoms with Crippen molar-refractivity contribution >= 4 is 46.0 Å². The van der Waals surface area contributed by atoms with Crippen LogP contribution >= 0.6 is 23.5 Å². The van der Waals surface area contributed by atoms with Crippen molar-refractivity contribution in [1.29, 1.82) is 0 Å². The maximum atomic E-state index is 12.3. The van der Waals surface area contributed by atoms with Crippen molar-refractivity contribution < 1.29 is 0 Å². The van der Waals surface area contributed by atoms with Crippen LogP contribution in [-0.2, 0) is 13.0 Å². The molecule has 2 N–H and O–H groups in total. The van der Waals surface area contributed by atoms with Crippen molar-refractivity contribution in [2.24, 2.45) is 0 Å². The average molecular weight is 373 g/mol. The fourth-order valence-corrected chi connectivity index (χ4v) is 3.99. The molecule has 4 rings (SSSR count). The van der Waals surface area contributed by atoms with Crippen LogP contribution in [0, 0.1) is 0 Å². The maximum Gasteiger partial charge on any atom is 0.253 e. The van der Waals surface area contributed by atoms with E-state index in [0.717, 1.165) is 29.7 Å². The second-order valence-electron chi connectivity index (χ2n) is 5.90. The molecule has 0 unspecified atom stereocenters. The van der Waals surface area contributed by atoms with Crippen LogP contribution in [0.25, 0.3) is 10.9 Å². The highest BCUT2D eigenvalue weighted by molar-refractivity contribution is 8.00. The summed E-state index contributed by atoms with van der Waals surface area (Å²) in [4.78, 5) is 19.7. The van der Waals surface area contributed by atoms with E-state index in [1.807, 2.05) is 24.3 Å². The van der Waals surface area contributed by atoms with Crippen LogP contribution in [0.1, 0.15) is 11.1 Å². The summed E-state index contributed by atoms with van der Waals surface area (Å²) in [6.07, 6.45) is 4.83. The van der Waals surface area contributed by atoms with Gasteiger partial charge in [0, 0.05) is 52.6 Å². The highest BCUT2D eigenvalue weighted by Gasteiger charge is 2.22. The lowest BCUT2D eigenvalue weighted by Crippen LogP contribution is -2.16. The van der Waals surface area contributed by atoms with E-state index in [4.69, 9.17) is 11.6 Å². The van der Waals surface area contributed by atoms with Gasteiger partial charge in [0.25, 0.3) is 5.56 Å². The number of nitrogens with one attached hydrogen (secondary N) is 2. The van der Waals surface area contributed by atoms with Gasteiger partial charge in [-0.1, -0.05) is 23.5 Å². The number of benzene rings is 1. The number of pyridine rings is 2. The van der Waals surface area contributed by atoms with Crippen LogP contribution in [0.4, 0.5) is 11.5 Å². The topological polar surface area (TPSA) is 61.0 Å². The van der Waals surface area contributed by atoms with Crippen molar-refractivity contribution in [2.75, 3.05) is 22.4 Å². The number of hydrogen-bond acceptors (Lipinski definition) is 5. The molecule has 0 saturated carbocycles. The lowest BCUT2D eigenvalue weighted by Gasteiger charge is -2.15. The molecule has 0 saturated heterocycles. The van der Waals surface area contributed by atoms with Gasteiger partial charge in [0.1, 0.15) is 5.82 Å². The van der Waals surface area contributed by atoms with Crippen molar-refractivity contribution in [1.82, 2.24) is 9.97 Å². The molecule has 1 aliphatic heterocycles. The number of rotatable bonds is 4. The van der Waals surface area contributed by atoms with E-state index in [1.54, 1.807) is 24.2 Å². The Morgan fingerprint density at radius 1 is 1.36 bits per heavy atom. The molecule has 5 nitrogen and oxygen atoms in total. The zero-order valence-corrected chi connectivity index (χ0v) is 15.2. The molecule has 0 atom stereocenters. The summed E-state index contributed by atoms with van der Waals surface area (Å²) < 4.78 is 2.26. The third-order valence-electron chi connectivity index (χ3n) is 4.41. The third-order valence-corrected chi connectivity index (χ3v) is 5.47. The lowest BCUT2D eigenvalue weighted by molar-refractivity contribution is 1.03. The summed E-state index contributed by atoms with van der Waals surface area (Å²) in [7, 11) is 0. The van der Waals surface area contributed by atoms with Crippen molar-refractivity contribution in [3.05, 3.63) is 63.0 Å². The molecule has 2 aromatic heterocycles. The highest BCUT2D eigenvalue weighted by Crippen LogP contribution is 2.35. The van der Waals surface area contributed by atoms with E-state index < -0.39 is 0 Å². The summed E-state index contributed by atoms with van der Waals surface area (Å²) in [5.74, 6) is 0.847. The highest BCUT2D eigenvalue weighted by atomic mass is 35.5. The Morgan fingerprint density at radius 2 is 2.24 bits per heavy atom. The third kappa shape index (κ3) is 3.07. The Labute approximate surface area is 154 Å². The van der Waals surface area contributed by atoms with Gasteiger partial charge in [-0.2, -0.15) is 0 Å². The molecule has 1 aliphatic rings. The Morgan fingerprint density at radius 3 is 3.08 bits per heavy atom. The first-order valence-corrected chi connectivity index (χ1v) is 9.56. The van der Waals surface area contributed by atoms with Crippen LogP contribution in [0.2, 0.25) is 5.02 Å². The molecule has 128 valence electrons. The van der Waals surface area contributed by atoms with Gasteiger partial charge in [0.15, 0.2) is 0 Å². The molecule has 3 heterocycles. The Bertz CT molecular complexity index is 1000. The number of nitrogens with zero attached hydrogens (tertiary/aromatic N) is 2. The number of aromatic nitrogens is 2. The van der Waals surface area contributed by atoms with Gasteiger partial charge in [-0.15, -0.1) is 0 Å². The van der Waals surface area contributed by atoms with Crippen LogP contribution in [-0.4, -0.2) is 22.8 Å². The molecule has 0 aliphatic carbocycles. The summed E-state index contributed by atoms with van der Waals surface area (Å²) in [6, 6.07) is 9.36. The molecule has 1 aromatic carbocycles. The molecular formula is C18H17ClN4OS. The van der Waals surface area contributed by atoms with Crippen LogP contribution in [0.15, 0.2) is 41.3 Å². The standard InChI is InChI=1S/C18H17ClN4OS/c1-25-23-7-5-14-16(23)4-6-20-17(14)21-10-12-8-11-9-13(19)2-3-15(11)22-18(12)24/h2-4,6,8-9H,5,7,10H2,1H3,(H,20,21)(H,22,24). The molecule has 3 aromatic rings. The molecule has 7 heteroatoms. The SMILES string of the molecule is CSN1CCc2c1ccnc2NCc1cc2cc(Cl)ccc2[nH]c1=O. The van der Waals surface area contributed by atoms with E-state index in [-0.39, 0.29) is 5.56 Å². The predicted molar refractivity (Wildman–Crippen MR) is 106 cm³/mol. The number of fused-ring (bicyclic) bond motifs is 2. The summed E-state index contributed by atoms with van der Waals surface area (Å²) in [6.45, 7) is 1.40. The second-order valence-corrected chi connectivity index (χ2v) is 7.14. The van der Waals surface area contributed by atoms with Gasteiger partial charge in [-0.3, -0.25) is 4.79 Å². The molecule has 0 radical (unpaired) electrons. The van der Waals surface area contributed by atoms with E-state index in [1.165, 1.54) is 11.3 Å². The molecule has 0 fully saturated rings. The molecule has 0 bridgehead atoms. The molecule has 25 heavy (non-hydrogen) atoms. The number of H-pyrrole nitrogens is 1. The van der Waals surface area contributed by atoms with Gasteiger partial charge in [-0.25, -0.2) is 4.98 Å². The largest absolute Gasteiger partial charge is 0.365 e. The zero-order chi connectivity index (χ0) is 17.4. The Kier molecular flexibility index (Phi) is 4.31. The fraction of sp³-hybridized carbons (Fsp3) is 0.222. The van der Waals surface area contributed by atoms with Gasteiger partial charge < -0.3 is 14.6 Å². The summed E-state index contributed by atoms with van der Waals surface area (Å²) in [5.41, 5.74) is 3.75. The Hall–Kier alpha value is -2.18. The van der Waals surface area contributed by atoms with E-state index >= 15 is 0 Å². The number of anilines is 2. The first-order chi connectivity index (χ1) is 12.2. The molecular weight excluding hydrogens is 356 g/mol. The van der Waals surface area contributed by atoms with Gasteiger partial charge >= 0.3 is 0 Å². The Balaban J connectivity index is 1.62. The van der Waals surface area contributed by atoms with Crippen molar-refractivity contribution in [3.63, 3.8) is 0 Å². The average Bonchev–Trinajstić information content (AvgIpc) is 3.04.